The first-order chi connectivity index (χ1) is 15.2. The third-order valence-electron chi connectivity index (χ3n) is 5.34. The summed E-state index contributed by atoms with van der Waals surface area (Å²) >= 11 is 1.45. The van der Waals surface area contributed by atoms with Crippen molar-refractivity contribution in [1.82, 2.24) is 19.7 Å². The number of rotatable bonds is 4. The minimum Gasteiger partial charge on any atom is -0.370 e. The number of hydrogen-bond acceptors (Lipinski definition) is 5. The number of hydrogen-bond donors (Lipinski definition) is 0. The summed E-state index contributed by atoms with van der Waals surface area (Å²) < 4.78 is 7.68. The number of carbonyl (C=O) groups excluding carboxylic acids is 1. The molecule has 1 aliphatic rings. The molecule has 0 spiro atoms. The molecule has 1 atom stereocenters. The van der Waals surface area contributed by atoms with Crippen molar-refractivity contribution in [2.45, 2.75) is 6.10 Å². The third kappa shape index (κ3) is 4.02. The Morgan fingerprint density at radius 1 is 1.06 bits per heavy atom. The quantitative estimate of drug-likeness (QED) is 0.481. The van der Waals surface area contributed by atoms with E-state index in [1.807, 2.05) is 78.8 Å². The van der Waals surface area contributed by atoms with Crippen molar-refractivity contribution in [3.63, 3.8) is 0 Å². The fraction of sp³-hybridized carbons (Fsp3) is 0.208. The largest absolute Gasteiger partial charge is 0.370 e. The molecule has 4 aromatic rings. The van der Waals surface area contributed by atoms with Crippen molar-refractivity contribution < 1.29 is 9.53 Å². The Kier molecular flexibility index (Phi) is 5.36. The van der Waals surface area contributed by atoms with Crippen LogP contribution in [-0.4, -0.2) is 45.3 Å². The SMILES string of the molecule is Cn1cc(C2CN(C(=O)c3sc(-c4ccccc4)nc3-c3ccccc3)CCO2)cn1. The van der Waals surface area contributed by atoms with Crippen LogP contribution in [0, 0.1) is 0 Å². The van der Waals surface area contributed by atoms with Crippen LogP contribution >= 0.6 is 11.3 Å². The summed E-state index contributed by atoms with van der Waals surface area (Å²) in [5.74, 6) is -0.00396. The molecule has 2 aromatic heterocycles. The van der Waals surface area contributed by atoms with Crippen LogP contribution in [0.1, 0.15) is 21.3 Å². The van der Waals surface area contributed by atoms with Crippen LogP contribution in [0.2, 0.25) is 0 Å². The van der Waals surface area contributed by atoms with Crippen LogP contribution in [0.25, 0.3) is 21.8 Å². The maximum absolute atomic E-state index is 13.6. The Balaban J connectivity index is 1.49. The van der Waals surface area contributed by atoms with E-state index in [-0.39, 0.29) is 12.0 Å². The van der Waals surface area contributed by atoms with Crippen molar-refractivity contribution in [3.05, 3.63) is 83.5 Å². The second-order valence-corrected chi connectivity index (χ2v) is 8.49. The predicted molar refractivity (Wildman–Crippen MR) is 121 cm³/mol. The number of ether oxygens (including phenoxy) is 1. The number of carbonyl (C=O) groups is 1. The van der Waals surface area contributed by atoms with Gasteiger partial charge in [0.25, 0.3) is 5.91 Å². The van der Waals surface area contributed by atoms with Gasteiger partial charge in [-0.05, 0) is 0 Å². The zero-order valence-corrected chi connectivity index (χ0v) is 18.0. The Labute approximate surface area is 184 Å². The first-order valence-electron chi connectivity index (χ1n) is 10.2. The van der Waals surface area contributed by atoms with E-state index in [0.29, 0.717) is 24.6 Å². The van der Waals surface area contributed by atoms with E-state index >= 15 is 0 Å². The topological polar surface area (TPSA) is 60.2 Å². The summed E-state index contributed by atoms with van der Waals surface area (Å²) in [6.45, 7) is 1.55. The summed E-state index contributed by atoms with van der Waals surface area (Å²) in [7, 11) is 1.88. The van der Waals surface area contributed by atoms with E-state index in [0.717, 1.165) is 27.4 Å². The predicted octanol–water partition coefficient (Wildman–Crippen LogP) is 4.42. The number of aromatic nitrogens is 3. The van der Waals surface area contributed by atoms with Crippen molar-refractivity contribution in [3.8, 4) is 21.8 Å². The van der Waals surface area contributed by atoms with Crippen molar-refractivity contribution in [2.24, 2.45) is 7.05 Å². The molecule has 5 rings (SSSR count). The molecule has 2 aromatic carbocycles. The first-order valence-corrected chi connectivity index (χ1v) is 11.0. The fourth-order valence-electron chi connectivity index (χ4n) is 3.75. The highest BCUT2D eigenvalue weighted by atomic mass is 32.1. The van der Waals surface area contributed by atoms with Gasteiger partial charge in [0.15, 0.2) is 0 Å². The lowest BCUT2D eigenvalue weighted by Crippen LogP contribution is -2.42. The van der Waals surface area contributed by atoms with E-state index in [1.54, 1.807) is 10.9 Å². The first kappa shape index (κ1) is 19.7. The molecule has 1 saturated heterocycles. The van der Waals surface area contributed by atoms with Crippen molar-refractivity contribution >= 4 is 17.2 Å². The van der Waals surface area contributed by atoms with Crippen LogP contribution in [0.5, 0.6) is 0 Å². The van der Waals surface area contributed by atoms with Gasteiger partial charge in [0.05, 0.1) is 25.0 Å². The molecule has 0 N–H and O–H groups in total. The molecular formula is C24H22N4O2S. The van der Waals surface area contributed by atoms with Gasteiger partial charge in [0.2, 0.25) is 0 Å². The van der Waals surface area contributed by atoms with Crippen LogP contribution < -0.4 is 0 Å². The van der Waals surface area contributed by atoms with Crippen LogP contribution in [0.15, 0.2) is 73.1 Å². The molecule has 1 unspecified atom stereocenters. The van der Waals surface area contributed by atoms with Crippen LogP contribution in [0.4, 0.5) is 0 Å². The summed E-state index contributed by atoms with van der Waals surface area (Å²) in [6, 6.07) is 19.9. The van der Waals surface area contributed by atoms with Crippen LogP contribution in [-0.2, 0) is 11.8 Å². The number of amides is 1. The molecular weight excluding hydrogens is 408 g/mol. The molecule has 0 radical (unpaired) electrons. The van der Waals surface area contributed by atoms with E-state index in [9.17, 15) is 4.79 Å². The molecule has 1 amide bonds. The highest BCUT2D eigenvalue weighted by molar-refractivity contribution is 7.17. The maximum Gasteiger partial charge on any atom is 0.266 e. The highest BCUT2D eigenvalue weighted by Crippen LogP contribution is 2.35. The van der Waals surface area contributed by atoms with Gasteiger partial charge in [-0.3, -0.25) is 9.48 Å². The molecule has 31 heavy (non-hydrogen) atoms. The molecule has 1 fully saturated rings. The minimum atomic E-state index is -0.173. The molecule has 7 heteroatoms. The normalized spacial score (nSPS) is 16.4. The Hall–Kier alpha value is -3.29. The number of thiazole rings is 1. The molecule has 156 valence electrons. The van der Waals surface area contributed by atoms with Gasteiger partial charge in [-0.2, -0.15) is 5.10 Å². The van der Waals surface area contributed by atoms with Crippen molar-refractivity contribution in [1.29, 1.82) is 0 Å². The maximum atomic E-state index is 13.6. The van der Waals surface area contributed by atoms with Gasteiger partial charge >= 0.3 is 0 Å². The van der Waals surface area contributed by atoms with Crippen molar-refractivity contribution in [2.75, 3.05) is 19.7 Å². The monoisotopic (exact) mass is 430 g/mol. The van der Waals surface area contributed by atoms with E-state index in [4.69, 9.17) is 9.72 Å². The zero-order chi connectivity index (χ0) is 21.2. The van der Waals surface area contributed by atoms with Gasteiger partial charge < -0.3 is 9.64 Å². The average molecular weight is 431 g/mol. The molecule has 6 nitrogen and oxygen atoms in total. The second-order valence-electron chi connectivity index (χ2n) is 7.49. The molecule has 3 heterocycles. The molecule has 0 aliphatic carbocycles. The number of nitrogens with zero attached hydrogens (tertiary/aromatic N) is 4. The van der Waals surface area contributed by atoms with Gasteiger partial charge in [-0.1, -0.05) is 60.7 Å². The van der Waals surface area contributed by atoms with Gasteiger partial charge in [-0.15, -0.1) is 11.3 Å². The van der Waals surface area contributed by atoms with E-state index in [1.165, 1.54) is 11.3 Å². The Morgan fingerprint density at radius 2 is 1.77 bits per heavy atom. The van der Waals surface area contributed by atoms with Gasteiger partial charge in [0, 0.05) is 36.5 Å². The van der Waals surface area contributed by atoms with E-state index in [2.05, 4.69) is 5.10 Å². The van der Waals surface area contributed by atoms with Gasteiger partial charge in [0.1, 0.15) is 16.0 Å². The standard InChI is InChI=1S/C24H22N4O2S/c1-27-15-19(14-25-27)20-16-28(12-13-30-20)24(29)22-21(17-8-4-2-5-9-17)26-23(31-22)18-10-6-3-7-11-18/h2-11,14-15,20H,12-13,16H2,1H3. The van der Waals surface area contributed by atoms with Gasteiger partial charge in [-0.25, -0.2) is 4.98 Å². The minimum absolute atomic E-state index is 0.00396. The zero-order valence-electron chi connectivity index (χ0n) is 17.1. The average Bonchev–Trinajstić information content (AvgIpc) is 3.47. The smallest absolute Gasteiger partial charge is 0.266 e. The number of aryl methyl sites for hydroxylation is 1. The molecule has 0 saturated carbocycles. The summed E-state index contributed by atoms with van der Waals surface area (Å²) in [4.78, 5) is 21.0. The van der Waals surface area contributed by atoms with Crippen LogP contribution in [0.3, 0.4) is 0 Å². The molecule has 0 bridgehead atoms. The summed E-state index contributed by atoms with van der Waals surface area (Å²) in [5, 5.41) is 5.08. The summed E-state index contributed by atoms with van der Waals surface area (Å²) in [6.07, 6.45) is 3.57. The highest BCUT2D eigenvalue weighted by Gasteiger charge is 2.30. The lowest BCUT2D eigenvalue weighted by Gasteiger charge is -2.32. The number of benzene rings is 2. The summed E-state index contributed by atoms with van der Waals surface area (Å²) in [5.41, 5.74) is 3.68. The Bertz CT molecular complexity index is 1190. The molecule has 1 aliphatic heterocycles. The second kappa shape index (κ2) is 8.45. The fourth-order valence-corrected chi connectivity index (χ4v) is 4.81. The van der Waals surface area contributed by atoms with E-state index < -0.39 is 0 Å². The third-order valence-corrected chi connectivity index (χ3v) is 6.43. The number of morpholine rings is 1. The Morgan fingerprint density at radius 3 is 2.45 bits per heavy atom. The lowest BCUT2D eigenvalue weighted by atomic mass is 10.1. The lowest BCUT2D eigenvalue weighted by molar-refractivity contribution is -0.0226.